The van der Waals surface area contributed by atoms with E-state index in [1.165, 1.54) is 0 Å². The van der Waals surface area contributed by atoms with Gasteiger partial charge in [0.1, 0.15) is 6.61 Å². The van der Waals surface area contributed by atoms with Crippen LogP contribution in [0.15, 0.2) is 18.2 Å². The Labute approximate surface area is 153 Å². The number of rotatable bonds is 10. The monoisotopic (exact) mass is 374 g/mol. The van der Waals surface area contributed by atoms with E-state index >= 15 is 0 Å². The number of benzene rings is 1. The van der Waals surface area contributed by atoms with Gasteiger partial charge in [-0.1, -0.05) is 43.5 Å². The maximum atomic E-state index is 11.7. The third-order valence-electron chi connectivity index (χ3n) is 3.16. The van der Waals surface area contributed by atoms with Crippen LogP contribution in [0, 0.1) is 5.92 Å². The SMILES string of the molecule is CC(C)COC(=O)CCCCCC(=O)OCc1cc(Cl)cc(Cl)c1. The zero-order chi connectivity index (χ0) is 17.9. The number of ether oxygens (including phenoxy) is 2. The fraction of sp³-hybridized carbons (Fsp3) is 0.556. The van der Waals surface area contributed by atoms with E-state index in [1.807, 2.05) is 13.8 Å². The number of hydrogen-bond acceptors (Lipinski definition) is 4. The highest BCUT2D eigenvalue weighted by molar-refractivity contribution is 6.34. The second kappa shape index (κ2) is 11.3. The topological polar surface area (TPSA) is 52.6 Å². The van der Waals surface area contributed by atoms with E-state index in [1.54, 1.807) is 18.2 Å². The van der Waals surface area contributed by atoms with Gasteiger partial charge in [0.2, 0.25) is 0 Å². The zero-order valence-corrected chi connectivity index (χ0v) is 15.7. The lowest BCUT2D eigenvalue weighted by Crippen LogP contribution is -2.09. The molecule has 4 nitrogen and oxygen atoms in total. The Bertz CT molecular complexity index is 524. The minimum Gasteiger partial charge on any atom is -0.465 e. The molecular formula is C18H24Cl2O4. The van der Waals surface area contributed by atoms with E-state index < -0.39 is 0 Å². The van der Waals surface area contributed by atoms with Crippen LogP contribution in [0.5, 0.6) is 0 Å². The minimum atomic E-state index is -0.270. The summed E-state index contributed by atoms with van der Waals surface area (Å²) in [4.78, 5) is 23.1. The Morgan fingerprint density at radius 2 is 1.46 bits per heavy atom. The molecule has 0 unspecified atom stereocenters. The smallest absolute Gasteiger partial charge is 0.306 e. The van der Waals surface area contributed by atoms with Gasteiger partial charge in [0, 0.05) is 22.9 Å². The molecular weight excluding hydrogens is 351 g/mol. The molecule has 0 fully saturated rings. The summed E-state index contributed by atoms with van der Waals surface area (Å²) >= 11 is 11.8. The third kappa shape index (κ3) is 9.78. The highest BCUT2D eigenvalue weighted by Gasteiger charge is 2.07. The van der Waals surface area contributed by atoms with Gasteiger partial charge in [-0.05, 0) is 42.5 Å². The molecule has 0 atom stereocenters. The Hall–Kier alpha value is -1.26. The molecule has 0 aromatic heterocycles. The molecule has 0 saturated carbocycles. The molecule has 0 aliphatic rings. The summed E-state index contributed by atoms with van der Waals surface area (Å²) in [5.41, 5.74) is 0.758. The van der Waals surface area contributed by atoms with Crippen LogP contribution >= 0.6 is 23.2 Å². The van der Waals surface area contributed by atoms with Crippen molar-refractivity contribution >= 4 is 35.1 Å². The summed E-state index contributed by atoms with van der Waals surface area (Å²) in [5, 5.41) is 1.02. The molecule has 0 N–H and O–H groups in total. The van der Waals surface area contributed by atoms with Crippen LogP contribution in [0.1, 0.15) is 51.5 Å². The van der Waals surface area contributed by atoms with Crippen molar-refractivity contribution in [1.29, 1.82) is 0 Å². The van der Waals surface area contributed by atoms with Crippen LogP contribution in [-0.4, -0.2) is 18.5 Å². The molecule has 0 aliphatic carbocycles. The second-order valence-corrected chi connectivity index (χ2v) is 6.95. The molecule has 0 amide bonds. The first-order chi connectivity index (χ1) is 11.4. The van der Waals surface area contributed by atoms with E-state index in [0.29, 0.717) is 48.3 Å². The molecule has 1 aromatic carbocycles. The zero-order valence-electron chi connectivity index (χ0n) is 14.1. The lowest BCUT2D eigenvalue weighted by Gasteiger charge is -2.07. The summed E-state index contributed by atoms with van der Waals surface area (Å²) in [7, 11) is 0. The first kappa shape index (κ1) is 20.8. The van der Waals surface area contributed by atoms with Crippen LogP contribution in [0.25, 0.3) is 0 Å². The summed E-state index contributed by atoms with van der Waals surface area (Å²) < 4.78 is 10.3. The Morgan fingerprint density at radius 1 is 0.917 bits per heavy atom. The predicted molar refractivity (Wildman–Crippen MR) is 95.1 cm³/mol. The lowest BCUT2D eigenvalue weighted by molar-refractivity contribution is -0.145. The number of unbranched alkanes of at least 4 members (excludes halogenated alkanes) is 2. The van der Waals surface area contributed by atoms with Gasteiger partial charge in [0.05, 0.1) is 6.61 Å². The van der Waals surface area contributed by atoms with Gasteiger partial charge in [-0.3, -0.25) is 9.59 Å². The predicted octanol–water partition coefficient (Wildman–Crippen LogP) is 5.19. The molecule has 0 spiro atoms. The van der Waals surface area contributed by atoms with Crippen LogP contribution in [0.3, 0.4) is 0 Å². The Balaban J connectivity index is 2.11. The Morgan fingerprint density at radius 3 is 2.00 bits per heavy atom. The average molecular weight is 375 g/mol. The maximum Gasteiger partial charge on any atom is 0.306 e. The first-order valence-electron chi connectivity index (χ1n) is 8.13. The highest BCUT2D eigenvalue weighted by atomic mass is 35.5. The fourth-order valence-corrected chi connectivity index (χ4v) is 2.55. The molecule has 6 heteroatoms. The average Bonchev–Trinajstić information content (AvgIpc) is 2.49. The van der Waals surface area contributed by atoms with E-state index in [4.69, 9.17) is 32.7 Å². The van der Waals surface area contributed by atoms with Crippen molar-refractivity contribution in [2.45, 2.75) is 52.6 Å². The van der Waals surface area contributed by atoms with Gasteiger partial charge in [0.15, 0.2) is 0 Å². The van der Waals surface area contributed by atoms with Crippen molar-refractivity contribution < 1.29 is 19.1 Å². The molecule has 0 bridgehead atoms. The summed E-state index contributed by atoms with van der Waals surface area (Å²) in [5.74, 6) is -0.101. The van der Waals surface area contributed by atoms with Gasteiger partial charge in [-0.15, -0.1) is 0 Å². The molecule has 24 heavy (non-hydrogen) atoms. The van der Waals surface area contributed by atoms with Gasteiger partial charge < -0.3 is 9.47 Å². The van der Waals surface area contributed by atoms with Crippen molar-refractivity contribution in [3.63, 3.8) is 0 Å². The number of carbonyl (C=O) groups excluding carboxylic acids is 2. The molecule has 0 aliphatic heterocycles. The van der Waals surface area contributed by atoms with E-state index in [-0.39, 0.29) is 18.5 Å². The van der Waals surface area contributed by atoms with Gasteiger partial charge in [-0.25, -0.2) is 0 Å². The third-order valence-corrected chi connectivity index (χ3v) is 3.60. The number of esters is 2. The van der Waals surface area contributed by atoms with E-state index in [0.717, 1.165) is 12.0 Å². The quantitative estimate of drug-likeness (QED) is 0.417. The largest absolute Gasteiger partial charge is 0.465 e. The normalized spacial score (nSPS) is 10.7. The van der Waals surface area contributed by atoms with Crippen molar-refractivity contribution in [3.05, 3.63) is 33.8 Å². The second-order valence-electron chi connectivity index (χ2n) is 6.08. The molecule has 1 aromatic rings. The summed E-state index contributed by atoms with van der Waals surface area (Å²) in [6.45, 7) is 4.60. The van der Waals surface area contributed by atoms with E-state index in [2.05, 4.69) is 0 Å². The Kier molecular flexibility index (Phi) is 9.80. The van der Waals surface area contributed by atoms with Gasteiger partial charge in [0.25, 0.3) is 0 Å². The van der Waals surface area contributed by atoms with Crippen LogP contribution in [0.2, 0.25) is 10.0 Å². The number of hydrogen-bond donors (Lipinski definition) is 0. The molecule has 134 valence electrons. The fourth-order valence-electron chi connectivity index (χ4n) is 1.98. The van der Waals surface area contributed by atoms with Crippen LogP contribution in [-0.2, 0) is 25.7 Å². The molecule has 0 saturated heterocycles. The van der Waals surface area contributed by atoms with Crippen molar-refractivity contribution in [2.24, 2.45) is 5.92 Å². The van der Waals surface area contributed by atoms with Crippen molar-refractivity contribution in [3.8, 4) is 0 Å². The van der Waals surface area contributed by atoms with Gasteiger partial charge in [-0.2, -0.15) is 0 Å². The van der Waals surface area contributed by atoms with Gasteiger partial charge >= 0.3 is 11.9 Å². The van der Waals surface area contributed by atoms with E-state index in [9.17, 15) is 9.59 Å². The number of carbonyl (C=O) groups is 2. The summed E-state index contributed by atoms with van der Waals surface area (Å²) in [6, 6.07) is 5.05. The van der Waals surface area contributed by atoms with Crippen LogP contribution in [0.4, 0.5) is 0 Å². The first-order valence-corrected chi connectivity index (χ1v) is 8.88. The lowest BCUT2D eigenvalue weighted by atomic mass is 10.1. The summed E-state index contributed by atoms with van der Waals surface area (Å²) in [6.07, 6.45) is 2.91. The highest BCUT2D eigenvalue weighted by Crippen LogP contribution is 2.19. The van der Waals surface area contributed by atoms with Crippen molar-refractivity contribution in [1.82, 2.24) is 0 Å². The number of halogens is 2. The molecule has 0 heterocycles. The van der Waals surface area contributed by atoms with Crippen molar-refractivity contribution in [2.75, 3.05) is 6.61 Å². The van der Waals surface area contributed by atoms with Crippen LogP contribution < -0.4 is 0 Å². The maximum absolute atomic E-state index is 11.7. The standard InChI is InChI=1S/C18H24Cl2O4/c1-13(2)11-23-17(21)6-4-3-5-7-18(22)24-12-14-8-15(19)10-16(20)9-14/h8-10,13H,3-7,11-12H2,1-2H3. The minimum absolute atomic E-state index is 0.153. The molecule has 1 rings (SSSR count). The molecule has 0 radical (unpaired) electrons.